The highest BCUT2D eigenvalue weighted by Gasteiger charge is 2.05. The summed E-state index contributed by atoms with van der Waals surface area (Å²) in [4.78, 5) is 2.09. The fourth-order valence-corrected chi connectivity index (χ4v) is 2.80. The largest absolute Gasteiger partial charge is 0.378 e. The molecule has 0 amide bonds. The molecule has 148 valence electrons. The monoisotopic (exact) mass is 383 g/mol. The van der Waals surface area contributed by atoms with E-state index in [1.807, 2.05) is 40.3 Å². The van der Waals surface area contributed by atoms with Gasteiger partial charge in [-0.2, -0.15) is 0 Å². The van der Waals surface area contributed by atoms with Crippen LogP contribution in [0.25, 0.3) is 5.57 Å². The van der Waals surface area contributed by atoms with Crippen LogP contribution in [0.5, 0.6) is 0 Å². The highest BCUT2D eigenvalue weighted by molar-refractivity contribution is 6.02. The smallest absolute Gasteiger partial charge is 0.199 e. The van der Waals surface area contributed by atoms with Crippen molar-refractivity contribution in [2.75, 3.05) is 33.1 Å². The maximum Gasteiger partial charge on any atom is 0.199 e. The Morgan fingerprint density at radius 2 is 1.59 bits per heavy atom. The summed E-state index contributed by atoms with van der Waals surface area (Å²) < 4.78 is 2.10. The second kappa shape index (κ2) is 10.8. The van der Waals surface area contributed by atoms with Crippen molar-refractivity contribution in [2.24, 2.45) is 0 Å². The van der Waals surface area contributed by atoms with Gasteiger partial charge in [0, 0.05) is 31.9 Å². The van der Waals surface area contributed by atoms with E-state index in [9.17, 15) is 0 Å². The molecule has 1 aromatic carbocycles. The van der Waals surface area contributed by atoms with Gasteiger partial charge in [0.2, 0.25) is 0 Å². The highest BCUT2D eigenvalue weighted by atomic mass is 15.1. The lowest BCUT2D eigenvalue weighted by molar-refractivity contribution is -0.462. The van der Waals surface area contributed by atoms with E-state index in [1.54, 1.807) is 6.08 Å². The molecule has 2 heteroatoms. The summed E-state index contributed by atoms with van der Waals surface area (Å²) in [5, 5.41) is 0. The maximum atomic E-state index is 4.23. The summed E-state index contributed by atoms with van der Waals surface area (Å²) in [5.41, 5.74) is 6.70. The molecule has 1 aromatic rings. The van der Waals surface area contributed by atoms with Gasteiger partial charge >= 0.3 is 0 Å². The molecule has 0 fully saturated rings. The Morgan fingerprint density at radius 3 is 2.14 bits per heavy atom. The Morgan fingerprint density at radius 1 is 0.931 bits per heavy atom. The Kier molecular flexibility index (Phi) is 8.17. The van der Waals surface area contributed by atoms with Crippen molar-refractivity contribution in [1.29, 1.82) is 0 Å². The first-order valence-corrected chi connectivity index (χ1v) is 9.67. The molecule has 1 aliphatic rings. The van der Waals surface area contributed by atoms with Gasteiger partial charge in [-0.25, -0.2) is 4.58 Å². The molecular weight excluding hydrogens is 352 g/mol. The lowest BCUT2D eigenvalue weighted by Crippen LogP contribution is -2.09. The third kappa shape index (κ3) is 6.62. The van der Waals surface area contributed by atoms with Crippen LogP contribution in [0.2, 0.25) is 0 Å². The predicted molar refractivity (Wildman–Crippen MR) is 130 cm³/mol. The minimum Gasteiger partial charge on any atom is -0.378 e. The van der Waals surface area contributed by atoms with Gasteiger partial charge in [-0.1, -0.05) is 67.8 Å². The number of hydrogen-bond donors (Lipinski definition) is 0. The minimum atomic E-state index is 0.947. The lowest BCUT2D eigenvalue weighted by atomic mass is 9.97. The van der Waals surface area contributed by atoms with Gasteiger partial charge in [0.05, 0.1) is 0 Å². The van der Waals surface area contributed by atoms with Gasteiger partial charge in [0.1, 0.15) is 14.1 Å². The van der Waals surface area contributed by atoms with Gasteiger partial charge in [-0.05, 0) is 46.6 Å². The van der Waals surface area contributed by atoms with Crippen LogP contribution in [0.15, 0.2) is 115 Å². The van der Waals surface area contributed by atoms with Crippen LogP contribution in [0.1, 0.15) is 5.56 Å². The highest BCUT2D eigenvalue weighted by Crippen LogP contribution is 2.25. The Labute approximate surface area is 175 Å². The molecule has 2 nitrogen and oxygen atoms in total. The molecule has 0 aliphatic heterocycles. The van der Waals surface area contributed by atoms with E-state index in [0.717, 1.165) is 16.7 Å². The van der Waals surface area contributed by atoms with Gasteiger partial charge in [-0.3, -0.25) is 0 Å². The quantitative estimate of drug-likeness (QED) is 0.429. The van der Waals surface area contributed by atoms with E-state index >= 15 is 0 Å². The Bertz CT molecular complexity index is 934. The molecule has 0 radical (unpaired) electrons. The summed E-state index contributed by atoms with van der Waals surface area (Å²) >= 11 is 0. The van der Waals surface area contributed by atoms with E-state index in [1.165, 1.54) is 17.0 Å². The van der Waals surface area contributed by atoms with Crippen LogP contribution < -0.4 is 4.90 Å². The summed E-state index contributed by atoms with van der Waals surface area (Å²) in [6, 6.07) is 8.50. The fourth-order valence-electron chi connectivity index (χ4n) is 2.80. The first-order valence-electron chi connectivity index (χ1n) is 9.67. The third-order valence-corrected chi connectivity index (χ3v) is 4.55. The standard InChI is InChI=1S/C27H31N2/c1-7-8-11-22(2)27(24-16-20-26(21-17-24)29(5)6)13-10-9-12-23-14-18-25(19-15-23)28(3)4/h7-21H,1-2H2,3-6H3/q+1. The number of anilines is 1. The number of rotatable bonds is 7. The van der Waals surface area contributed by atoms with E-state index in [2.05, 4.69) is 95.5 Å². The number of allylic oxidation sites excluding steroid dienone is 14. The normalized spacial score (nSPS) is 14.0. The number of benzene rings is 1. The molecule has 0 N–H and O–H groups in total. The minimum absolute atomic E-state index is 0.947. The lowest BCUT2D eigenvalue weighted by Gasteiger charge is -2.14. The summed E-state index contributed by atoms with van der Waals surface area (Å²) in [5.74, 6) is 0. The maximum absolute atomic E-state index is 4.23. The number of nitrogens with zero attached hydrogens (tertiary/aromatic N) is 2. The van der Waals surface area contributed by atoms with Crippen molar-refractivity contribution in [3.63, 3.8) is 0 Å². The van der Waals surface area contributed by atoms with Crippen molar-refractivity contribution in [3.8, 4) is 0 Å². The van der Waals surface area contributed by atoms with Crippen LogP contribution in [-0.2, 0) is 0 Å². The third-order valence-electron chi connectivity index (χ3n) is 4.55. The second-order valence-electron chi connectivity index (χ2n) is 7.18. The van der Waals surface area contributed by atoms with Crippen LogP contribution in [0.3, 0.4) is 0 Å². The predicted octanol–water partition coefficient (Wildman–Crippen LogP) is 5.76. The van der Waals surface area contributed by atoms with Crippen molar-refractivity contribution in [1.82, 2.24) is 0 Å². The number of hydrogen-bond acceptors (Lipinski definition) is 1. The fraction of sp³-hybridized carbons (Fsp3) is 0.148. The average molecular weight is 384 g/mol. The summed E-state index contributed by atoms with van der Waals surface area (Å²) in [7, 11) is 8.18. The first kappa shape index (κ1) is 21.9. The molecule has 0 atom stereocenters. The van der Waals surface area contributed by atoms with Gasteiger partial charge in [-0.15, -0.1) is 0 Å². The molecule has 29 heavy (non-hydrogen) atoms. The van der Waals surface area contributed by atoms with Crippen molar-refractivity contribution in [3.05, 3.63) is 121 Å². The molecule has 2 rings (SSSR count). The molecular formula is C27H31N2+. The van der Waals surface area contributed by atoms with Crippen molar-refractivity contribution >= 4 is 17.0 Å². The molecule has 1 aliphatic carbocycles. The molecule has 0 bridgehead atoms. The second-order valence-corrected chi connectivity index (χ2v) is 7.18. The first-order chi connectivity index (χ1) is 13.9. The zero-order valence-electron chi connectivity index (χ0n) is 18.0. The zero-order chi connectivity index (χ0) is 21.2. The molecule has 0 saturated heterocycles. The molecule has 0 heterocycles. The van der Waals surface area contributed by atoms with Gasteiger partial charge in [0.25, 0.3) is 0 Å². The van der Waals surface area contributed by atoms with E-state index in [0.29, 0.717) is 0 Å². The summed E-state index contributed by atoms with van der Waals surface area (Å²) in [6.07, 6.45) is 22.5. The van der Waals surface area contributed by atoms with Crippen LogP contribution in [0.4, 0.5) is 5.69 Å². The molecule has 0 unspecified atom stereocenters. The van der Waals surface area contributed by atoms with E-state index in [4.69, 9.17) is 0 Å². The van der Waals surface area contributed by atoms with Gasteiger partial charge in [0.15, 0.2) is 5.71 Å². The molecule has 0 saturated carbocycles. The van der Waals surface area contributed by atoms with E-state index < -0.39 is 0 Å². The Hall–Kier alpha value is -3.39. The SMILES string of the molecule is C=CC=CC(=C)C(=CC=CC=C1C=CC(=[N+](C)C)C=C1)c1ccc(N(C)C)cc1. The molecule has 0 aromatic heterocycles. The zero-order valence-corrected chi connectivity index (χ0v) is 18.0. The van der Waals surface area contributed by atoms with Crippen LogP contribution in [0, 0.1) is 0 Å². The summed E-state index contributed by atoms with van der Waals surface area (Å²) in [6.45, 7) is 7.97. The Balaban J connectivity index is 2.26. The van der Waals surface area contributed by atoms with Crippen molar-refractivity contribution in [2.45, 2.75) is 0 Å². The van der Waals surface area contributed by atoms with E-state index in [-0.39, 0.29) is 0 Å². The van der Waals surface area contributed by atoms with Crippen LogP contribution in [-0.4, -0.2) is 38.5 Å². The molecule has 0 spiro atoms. The van der Waals surface area contributed by atoms with Crippen molar-refractivity contribution < 1.29 is 4.58 Å². The average Bonchev–Trinajstić information content (AvgIpc) is 2.72. The topological polar surface area (TPSA) is 6.25 Å². The van der Waals surface area contributed by atoms with Gasteiger partial charge < -0.3 is 4.90 Å². The van der Waals surface area contributed by atoms with Crippen LogP contribution >= 0.6 is 0 Å².